The van der Waals surface area contributed by atoms with Crippen LogP contribution in [0.15, 0.2) is 24.3 Å². The van der Waals surface area contributed by atoms with Crippen LogP contribution >= 0.6 is 0 Å². The third-order valence-corrected chi connectivity index (χ3v) is 3.09. The lowest BCUT2D eigenvalue weighted by Crippen LogP contribution is -1.88. The zero-order valence-corrected chi connectivity index (χ0v) is 9.02. The molecule has 0 aliphatic rings. The highest BCUT2D eigenvalue weighted by Crippen LogP contribution is 2.25. The molecule has 0 fully saturated rings. The smallest absolute Gasteiger partial charge is 0.0146 e. The fraction of sp³-hybridized carbons (Fsp3) is 0.214. The maximum absolute atomic E-state index is 4.12. The molecule has 0 heterocycles. The third-order valence-electron chi connectivity index (χ3n) is 3.09. The first-order chi connectivity index (χ1) is 6.61. The van der Waals surface area contributed by atoms with Crippen molar-refractivity contribution >= 4 is 10.8 Å². The van der Waals surface area contributed by atoms with Crippen molar-refractivity contribution in [3.63, 3.8) is 0 Å². The van der Waals surface area contributed by atoms with E-state index in [1.165, 1.54) is 27.5 Å². The molecule has 0 aliphatic carbocycles. The average molecular weight is 183 g/mol. The van der Waals surface area contributed by atoms with Crippen molar-refractivity contribution < 1.29 is 0 Å². The van der Waals surface area contributed by atoms with E-state index in [0.29, 0.717) is 0 Å². The van der Waals surface area contributed by atoms with Gasteiger partial charge in [-0.15, -0.1) is 0 Å². The van der Waals surface area contributed by atoms with Gasteiger partial charge in [-0.25, -0.2) is 0 Å². The largest absolute Gasteiger partial charge is 0.0584 e. The SMILES string of the molecule is [CH2]c1c(C)ccc2c(C)c(C)ccc12. The maximum atomic E-state index is 4.12. The highest BCUT2D eigenvalue weighted by Gasteiger charge is 2.03. The molecule has 0 nitrogen and oxygen atoms in total. The summed E-state index contributed by atoms with van der Waals surface area (Å²) in [5.74, 6) is 0. The highest BCUT2D eigenvalue weighted by atomic mass is 14.1. The van der Waals surface area contributed by atoms with Crippen LogP contribution in [0.3, 0.4) is 0 Å². The molecule has 0 aromatic heterocycles. The summed E-state index contributed by atoms with van der Waals surface area (Å²) in [7, 11) is 0. The van der Waals surface area contributed by atoms with Crippen molar-refractivity contribution in [1.82, 2.24) is 0 Å². The van der Waals surface area contributed by atoms with Crippen LogP contribution in [0.5, 0.6) is 0 Å². The van der Waals surface area contributed by atoms with Crippen molar-refractivity contribution in [2.45, 2.75) is 20.8 Å². The number of hydrogen-bond acceptors (Lipinski definition) is 0. The van der Waals surface area contributed by atoms with Crippen LogP contribution in [0, 0.1) is 27.7 Å². The molecule has 0 atom stereocenters. The van der Waals surface area contributed by atoms with Crippen LogP contribution in [0.2, 0.25) is 0 Å². The Hall–Kier alpha value is -1.30. The van der Waals surface area contributed by atoms with Crippen molar-refractivity contribution in [2.24, 2.45) is 0 Å². The molecule has 0 aliphatic heterocycles. The Morgan fingerprint density at radius 2 is 1.36 bits per heavy atom. The van der Waals surface area contributed by atoms with E-state index in [1.807, 2.05) is 0 Å². The quantitative estimate of drug-likeness (QED) is 0.580. The van der Waals surface area contributed by atoms with Crippen LogP contribution < -0.4 is 0 Å². The van der Waals surface area contributed by atoms with E-state index in [1.54, 1.807) is 0 Å². The summed E-state index contributed by atoms with van der Waals surface area (Å²) in [6.45, 7) is 10.6. The van der Waals surface area contributed by atoms with Crippen molar-refractivity contribution in [3.05, 3.63) is 53.4 Å². The Kier molecular flexibility index (Phi) is 2.07. The van der Waals surface area contributed by atoms with Gasteiger partial charge in [0.2, 0.25) is 0 Å². The lowest BCUT2D eigenvalue weighted by Gasteiger charge is -2.09. The number of aryl methyl sites for hydroxylation is 3. The van der Waals surface area contributed by atoms with Gasteiger partial charge < -0.3 is 0 Å². The summed E-state index contributed by atoms with van der Waals surface area (Å²) >= 11 is 0. The van der Waals surface area contributed by atoms with Gasteiger partial charge in [-0.1, -0.05) is 24.3 Å². The molecular formula is C14H15. The van der Waals surface area contributed by atoms with E-state index in [2.05, 4.69) is 52.0 Å². The van der Waals surface area contributed by atoms with Crippen molar-refractivity contribution in [1.29, 1.82) is 0 Å². The minimum atomic E-state index is 1.16. The number of rotatable bonds is 0. The molecule has 2 aromatic rings. The van der Waals surface area contributed by atoms with E-state index >= 15 is 0 Å². The second-order valence-electron chi connectivity index (χ2n) is 3.96. The topological polar surface area (TPSA) is 0 Å². The van der Waals surface area contributed by atoms with E-state index in [-0.39, 0.29) is 0 Å². The summed E-state index contributed by atoms with van der Waals surface area (Å²) in [5, 5.41) is 2.62. The molecule has 0 saturated carbocycles. The van der Waals surface area contributed by atoms with E-state index in [9.17, 15) is 0 Å². The van der Waals surface area contributed by atoms with Crippen molar-refractivity contribution in [2.75, 3.05) is 0 Å². The number of benzene rings is 2. The Morgan fingerprint density at radius 1 is 0.786 bits per heavy atom. The summed E-state index contributed by atoms with van der Waals surface area (Å²) < 4.78 is 0. The fourth-order valence-corrected chi connectivity index (χ4v) is 1.84. The summed E-state index contributed by atoms with van der Waals surface area (Å²) in [6, 6.07) is 8.69. The number of fused-ring (bicyclic) bond motifs is 1. The molecule has 0 N–H and O–H groups in total. The Bertz CT molecular complexity index is 446. The average Bonchev–Trinajstić information content (AvgIpc) is 2.17. The van der Waals surface area contributed by atoms with Gasteiger partial charge >= 0.3 is 0 Å². The zero-order valence-electron chi connectivity index (χ0n) is 9.02. The maximum Gasteiger partial charge on any atom is -0.0146 e. The highest BCUT2D eigenvalue weighted by molar-refractivity contribution is 5.90. The van der Waals surface area contributed by atoms with Gasteiger partial charge in [0.05, 0.1) is 0 Å². The summed E-state index contributed by atoms with van der Waals surface area (Å²) in [6.07, 6.45) is 0. The lowest BCUT2D eigenvalue weighted by atomic mass is 9.95. The summed E-state index contributed by atoms with van der Waals surface area (Å²) in [5.41, 5.74) is 5.14. The first kappa shape index (κ1) is 9.26. The summed E-state index contributed by atoms with van der Waals surface area (Å²) in [4.78, 5) is 0. The molecule has 0 unspecified atom stereocenters. The van der Waals surface area contributed by atoms with Crippen LogP contribution in [-0.2, 0) is 0 Å². The molecule has 0 heteroatoms. The van der Waals surface area contributed by atoms with Gasteiger partial charge in [0, 0.05) is 0 Å². The van der Waals surface area contributed by atoms with E-state index in [0.717, 1.165) is 5.56 Å². The second-order valence-corrected chi connectivity index (χ2v) is 3.96. The fourth-order valence-electron chi connectivity index (χ4n) is 1.84. The van der Waals surface area contributed by atoms with Crippen LogP contribution in [-0.4, -0.2) is 0 Å². The molecule has 2 aromatic carbocycles. The van der Waals surface area contributed by atoms with Gasteiger partial charge in [0.1, 0.15) is 0 Å². The van der Waals surface area contributed by atoms with Gasteiger partial charge in [-0.05, 0) is 60.7 Å². The van der Waals surface area contributed by atoms with Crippen molar-refractivity contribution in [3.8, 4) is 0 Å². The first-order valence-corrected chi connectivity index (χ1v) is 4.92. The minimum absolute atomic E-state index is 1.16. The van der Waals surface area contributed by atoms with Gasteiger partial charge in [-0.3, -0.25) is 0 Å². The molecule has 0 saturated heterocycles. The van der Waals surface area contributed by atoms with Gasteiger partial charge in [0.25, 0.3) is 0 Å². The van der Waals surface area contributed by atoms with Crippen LogP contribution in [0.1, 0.15) is 22.3 Å². The molecule has 14 heavy (non-hydrogen) atoms. The Balaban J connectivity index is 2.94. The van der Waals surface area contributed by atoms with Gasteiger partial charge in [0.15, 0.2) is 0 Å². The lowest BCUT2D eigenvalue weighted by molar-refractivity contribution is 1.36. The zero-order chi connectivity index (χ0) is 10.3. The predicted octanol–water partition coefficient (Wildman–Crippen LogP) is 3.95. The molecule has 0 bridgehead atoms. The molecule has 0 amide bonds. The van der Waals surface area contributed by atoms with Crippen LogP contribution in [0.25, 0.3) is 10.8 Å². The van der Waals surface area contributed by atoms with E-state index in [4.69, 9.17) is 0 Å². The molecule has 1 radical (unpaired) electrons. The Morgan fingerprint density at radius 3 is 2.07 bits per heavy atom. The molecule has 71 valence electrons. The van der Waals surface area contributed by atoms with Crippen LogP contribution in [0.4, 0.5) is 0 Å². The second kappa shape index (κ2) is 3.13. The third kappa shape index (κ3) is 1.22. The number of hydrogen-bond donors (Lipinski definition) is 0. The molecular weight excluding hydrogens is 168 g/mol. The standard InChI is InChI=1S/C14H15/c1-9-5-7-14-12(4)10(2)6-8-13(14)11(9)3/h5-8H,3H2,1-2,4H3. The molecule has 0 spiro atoms. The Labute approximate surface area is 85.6 Å². The van der Waals surface area contributed by atoms with E-state index < -0.39 is 0 Å². The minimum Gasteiger partial charge on any atom is -0.0584 e. The predicted molar refractivity (Wildman–Crippen MR) is 62.6 cm³/mol. The monoisotopic (exact) mass is 183 g/mol. The normalized spacial score (nSPS) is 10.9. The molecule has 2 rings (SSSR count). The van der Waals surface area contributed by atoms with Gasteiger partial charge in [-0.2, -0.15) is 0 Å². The first-order valence-electron chi connectivity index (χ1n) is 4.92.